The molecule has 0 spiro atoms. The van der Waals surface area contributed by atoms with E-state index in [2.05, 4.69) is 17.3 Å². The van der Waals surface area contributed by atoms with Crippen LogP contribution in [0.15, 0.2) is 0 Å². The molecule has 0 aromatic heterocycles. The Morgan fingerprint density at radius 1 is 1.64 bits per heavy atom. The molecule has 82 valence electrons. The molecule has 1 aliphatic rings. The maximum atomic E-state index is 10.7. The second-order valence-electron chi connectivity index (χ2n) is 4.22. The van der Waals surface area contributed by atoms with E-state index in [1.807, 2.05) is 6.92 Å². The Hall–Kier alpha value is -0.610. The Morgan fingerprint density at radius 2 is 2.29 bits per heavy atom. The minimum atomic E-state index is -0.229. The number of rotatable bonds is 7. The van der Waals surface area contributed by atoms with Crippen LogP contribution in [0.25, 0.3) is 0 Å². The first-order valence-corrected chi connectivity index (χ1v) is 5.31. The normalized spacial score (nSPS) is 18.5. The van der Waals surface area contributed by atoms with Gasteiger partial charge >= 0.3 is 0 Å². The molecule has 1 unspecified atom stereocenters. The van der Waals surface area contributed by atoms with Gasteiger partial charge in [-0.2, -0.15) is 0 Å². The zero-order chi connectivity index (χ0) is 10.6. The van der Waals surface area contributed by atoms with E-state index in [-0.39, 0.29) is 11.8 Å². The van der Waals surface area contributed by atoms with E-state index in [0.29, 0.717) is 6.54 Å². The Bertz CT molecular complexity index is 192. The monoisotopic (exact) mass is 199 g/mol. The van der Waals surface area contributed by atoms with Crippen molar-refractivity contribution in [1.29, 1.82) is 0 Å². The van der Waals surface area contributed by atoms with Crippen molar-refractivity contribution in [3.05, 3.63) is 0 Å². The summed E-state index contributed by atoms with van der Waals surface area (Å²) in [6.45, 7) is 4.52. The van der Waals surface area contributed by atoms with Crippen LogP contribution in [-0.4, -0.2) is 43.5 Å². The zero-order valence-electron chi connectivity index (χ0n) is 9.12. The predicted octanol–water partition coefficient (Wildman–Crippen LogP) is -0.208. The molecule has 1 amide bonds. The molecule has 0 saturated heterocycles. The Morgan fingerprint density at radius 3 is 2.79 bits per heavy atom. The molecule has 1 atom stereocenters. The molecule has 1 rings (SSSR count). The van der Waals surface area contributed by atoms with E-state index in [9.17, 15) is 4.79 Å². The molecule has 0 heterocycles. The van der Waals surface area contributed by atoms with Crippen molar-refractivity contribution in [2.24, 2.45) is 11.7 Å². The molecular weight excluding hydrogens is 178 g/mol. The van der Waals surface area contributed by atoms with Crippen molar-refractivity contribution in [3.8, 4) is 0 Å². The number of nitrogens with zero attached hydrogens (tertiary/aromatic N) is 1. The van der Waals surface area contributed by atoms with Gasteiger partial charge in [0.15, 0.2) is 0 Å². The lowest BCUT2D eigenvalue weighted by Gasteiger charge is -2.16. The SMILES string of the molecule is CC(CNCCN(C)C1CC1)C(N)=O. The number of nitrogens with two attached hydrogens (primary N) is 1. The topological polar surface area (TPSA) is 58.4 Å². The lowest BCUT2D eigenvalue weighted by atomic mass is 10.2. The summed E-state index contributed by atoms with van der Waals surface area (Å²) in [5.41, 5.74) is 5.15. The van der Waals surface area contributed by atoms with Crippen molar-refractivity contribution in [3.63, 3.8) is 0 Å². The van der Waals surface area contributed by atoms with Gasteiger partial charge < -0.3 is 16.0 Å². The number of carbonyl (C=O) groups excluding carboxylic acids is 1. The maximum Gasteiger partial charge on any atom is 0.221 e. The highest BCUT2D eigenvalue weighted by Gasteiger charge is 2.25. The van der Waals surface area contributed by atoms with Crippen molar-refractivity contribution in [2.75, 3.05) is 26.7 Å². The highest BCUT2D eigenvalue weighted by Crippen LogP contribution is 2.24. The van der Waals surface area contributed by atoms with Gasteiger partial charge in [-0.1, -0.05) is 6.92 Å². The van der Waals surface area contributed by atoms with E-state index in [0.717, 1.165) is 19.1 Å². The quantitative estimate of drug-likeness (QED) is 0.558. The fourth-order valence-electron chi connectivity index (χ4n) is 1.37. The Kier molecular flexibility index (Phi) is 4.35. The minimum absolute atomic E-state index is 0.0683. The number of carbonyl (C=O) groups is 1. The molecule has 1 fully saturated rings. The van der Waals surface area contributed by atoms with Crippen LogP contribution in [0.5, 0.6) is 0 Å². The second-order valence-corrected chi connectivity index (χ2v) is 4.22. The van der Waals surface area contributed by atoms with E-state index in [4.69, 9.17) is 5.73 Å². The molecule has 3 N–H and O–H groups in total. The molecule has 0 radical (unpaired) electrons. The fraction of sp³-hybridized carbons (Fsp3) is 0.900. The van der Waals surface area contributed by atoms with Gasteiger partial charge in [0.1, 0.15) is 0 Å². The summed E-state index contributed by atoms with van der Waals surface area (Å²) in [5, 5.41) is 3.24. The number of amides is 1. The van der Waals surface area contributed by atoms with E-state index >= 15 is 0 Å². The fourth-order valence-corrected chi connectivity index (χ4v) is 1.37. The van der Waals surface area contributed by atoms with Gasteiger partial charge in [0.25, 0.3) is 0 Å². The zero-order valence-corrected chi connectivity index (χ0v) is 9.12. The van der Waals surface area contributed by atoms with Crippen molar-refractivity contribution >= 4 is 5.91 Å². The lowest BCUT2D eigenvalue weighted by Crippen LogP contribution is -2.35. The Balaban J connectivity index is 1.95. The van der Waals surface area contributed by atoms with E-state index in [1.54, 1.807) is 0 Å². The van der Waals surface area contributed by atoms with Gasteiger partial charge in [-0.3, -0.25) is 4.79 Å². The summed E-state index contributed by atoms with van der Waals surface area (Å²) in [4.78, 5) is 13.1. The summed E-state index contributed by atoms with van der Waals surface area (Å²) in [6, 6.07) is 0.811. The average molecular weight is 199 g/mol. The largest absolute Gasteiger partial charge is 0.369 e. The third-order valence-corrected chi connectivity index (χ3v) is 2.75. The number of likely N-dealkylation sites (N-methyl/N-ethyl adjacent to an activating group) is 1. The van der Waals surface area contributed by atoms with Crippen LogP contribution in [0.1, 0.15) is 19.8 Å². The summed E-state index contributed by atoms with van der Waals surface area (Å²) in [7, 11) is 2.15. The van der Waals surface area contributed by atoms with Crippen LogP contribution in [0.2, 0.25) is 0 Å². The van der Waals surface area contributed by atoms with E-state index in [1.165, 1.54) is 12.8 Å². The van der Waals surface area contributed by atoms with E-state index < -0.39 is 0 Å². The first-order chi connectivity index (χ1) is 6.61. The molecule has 1 saturated carbocycles. The van der Waals surface area contributed by atoms with Crippen molar-refractivity contribution in [1.82, 2.24) is 10.2 Å². The van der Waals surface area contributed by atoms with Gasteiger partial charge in [0, 0.05) is 31.6 Å². The van der Waals surface area contributed by atoms with Crippen LogP contribution < -0.4 is 11.1 Å². The molecular formula is C10H21N3O. The van der Waals surface area contributed by atoms with Crippen LogP contribution in [0.3, 0.4) is 0 Å². The predicted molar refractivity (Wildman–Crippen MR) is 56.9 cm³/mol. The molecule has 0 aromatic carbocycles. The minimum Gasteiger partial charge on any atom is -0.369 e. The van der Waals surface area contributed by atoms with Crippen LogP contribution >= 0.6 is 0 Å². The molecule has 1 aliphatic carbocycles. The highest BCUT2D eigenvalue weighted by molar-refractivity contribution is 5.76. The van der Waals surface area contributed by atoms with Crippen LogP contribution in [-0.2, 0) is 4.79 Å². The molecule has 14 heavy (non-hydrogen) atoms. The first kappa shape index (κ1) is 11.5. The highest BCUT2D eigenvalue weighted by atomic mass is 16.1. The van der Waals surface area contributed by atoms with Gasteiger partial charge in [0.05, 0.1) is 0 Å². The molecule has 0 aromatic rings. The summed E-state index contributed by atoms with van der Waals surface area (Å²) in [6.07, 6.45) is 2.68. The van der Waals surface area contributed by atoms with Gasteiger partial charge in [-0.05, 0) is 19.9 Å². The summed E-state index contributed by atoms with van der Waals surface area (Å²) < 4.78 is 0. The molecule has 4 nitrogen and oxygen atoms in total. The van der Waals surface area contributed by atoms with Crippen molar-refractivity contribution in [2.45, 2.75) is 25.8 Å². The van der Waals surface area contributed by atoms with Crippen molar-refractivity contribution < 1.29 is 4.79 Å². The molecule has 0 bridgehead atoms. The molecule has 0 aliphatic heterocycles. The second kappa shape index (κ2) is 5.32. The summed E-state index contributed by atoms with van der Waals surface area (Å²) >= 11 is 0. The smallest absolute Gasteiger partial charge is 0.221 e. The van der Waals surface area contributed by atoms with Gasteiger partial charge in [-0.15, -0.1) is 0 Å². The first-order valence-electron chi connectivity index (χ1n) is 5.31. The number of nitrogens with one attached hydrogen (secondary N) is 1. The van der Waals surface area contributed by atoms with Crippen LogP contribution in [0, 0.1) is 5.92 Å². The lowest BCUT2D eigenvalue weighted by molar-refractivity contribution is -0.121. The average Bonchev–Trinajstić information content (AvgIpc) is 2.94. The third kappa shape index (κ3) is 4.07. The standard InChI is InChI=1S/C10H21N3O/c1-8(10(11)14)7-12-5-6-13(2)9-3-4-9/h8-9,12H,3-7H2,1-2H3,(H2,11,14). The number of hydrogen-bond donors (Lipinski definition) is 2. The third-order valence-electron chi connectivity index (χ3n) is 2.75. The number of hydrogen-bond acceptors (Lipinski definition) is 3. The number of primary amides is 1. The Labute approximate surface area is 85.8 Å². The van der Waals surface area contributed by atoms with Crippen LogP contribution in [0.4, 0.5) is 0 Å². The maximum absolute atomic E-state index is 10.7. The molecule has 4 heteroatoms. The summed E-state index contributed by atoms with van der Waals surface area (Å²) in [5.74, 6) is -0.297. The van der Waals surface area contributed by atoms with Gasteiger partial charge in [-0.25, -0.2) is 0 Å². The van der Waals surface area contributed by atoms with Gasteiger partial charge in [0.2, 0.25) is 5.91 Å².